The highest BCUT2D eigenvalue weighted by Gasteiger charge is 2.29. The van der Waals surface area contributed by atoms with E-state index < -0.39 is 0 Å². The molecule has 0 unspecified atom stereocenters. The van der Waals surface area contributed by atoms with E-state index in [1.54, 1.807) is 28.9 Å². The van der Waals surface area contributed by atoms with E-state index in [2.05, 4.69) is 5.16 Å². The average molecular weight is 407 g/mol. The van der Waals surface area contributed by atoms with Gasteiger partial charge in [-0.25, -0.2) is 4.39 Å². The predicted molar refractivity (Wildman–Crippen MR) is 109 cm³/mol. The lowest BCUT2D eigenvalue weighted by atomic mass is 10.1. The van der Waals surface area contributed by atoms with Crippen LogP contribution in [-0.4, -0.2) is 46.4 Å². The van der Waals surface area contributed by atoms with Crippen LogP contribution in [0.2, 0.25) is 0 Å². The summed E-state index contributed by atoms with van der Waals surface area (Å²) in [5.74, 6) is -0.137. The van der Waals surface area contributed by atoms with Gasteiger partial charge in [0.1, 0.15) is 22.8 Å². The molecule has 30 heavy (non-hydrogen) atoms. The maximum atomic E-state index is 13.5. The fourth-order valence-electron chi connectivity index (χ4n) is 3.67. The number of benzene rings is 2. The van der Waals surface area contributed by atoms with E-state index >= 15 is 0 Å². The van der Waals surface area contributed by atoms with Crippen LogP contribution < -0.4 is 0 Å². The van der Waals surface area contributed by atoms with E-state index in [1.165, 1.54) is 12.1 Å². The van der Waals surface area contributed by atoms with Crippen molar-refractivity contribution in [1.82, 2.24) is 15.0 Å². The number of aryl methyl sites for hydroxylation is 1. The van der Waals surface area contributed by atoms with Crippen LogP contribution in [0.25, 0.3) is 11.3 Å². The Kier molecular flexibility index (Phi) is 5.61. The van der Waals surface area contributed by atoms with Crippen molar-refractivity contribution >= 4 is 11.8 Å². The Morgan fingerprint density at radius 1 is 1.10 bits per heavy atom. The third kappa shape index (κ3) is 4.10. The van der Waals surface area contributed by atoms with Crippen molar-refractivity contribution < 1.29 is 18.5 Å². The lowest BCUT2D eigenvalue weighted by Gasteiger charge is -2.22. The van der Waals surface area contributed by atoms with Gasteiger partial charge in [0.15, 0.2) is 0 Å². The fraction of sp³-hybridized carbons (Fsp3) is 0.261. The molecule has 1 fully saturated rings. The fourth-order valence-corrected chi connectivity index (χ4v) is 3.67. The Labute approximate surface area is 173 Å². The predicted octanol–water partition coefficient (Wildman–Crippen LogP) is 3.66. The van der Waals surface area contributed by atoms with Crippen LogP contribution >= 0.6 is 0 Å². The van der Waals surface area contributed by atoms with Crippen LogP contribution in [0.1, 0.15) is 28.1 Å². The summed E-state index contributed by atoms with van der Waals surface area (Å²) in [4.78, 5) is 29.2. The molecule has 0 saturated carbocycles. The number of nitrogens with zero attached hydrogens (tertiary/aromatic N) is 3. The average Bonchev–Trinajstić information content (AvgIpc) is 3.04. The van der Waals surface area contributed by atoms with E-state index in [-0.39, 0.29) is 24.1 Å². The highest BCUT2D eigenvalue weighted by Crippen LogP contribution is 2.27. The second-order valence-corrected chi connectivity index (χ2v) is 7.32. The molecule has 7 heteroatoms. The van der Waals surface area contributed by atoms with Gasteiger partial charge >= 0.3 is 0 Å². The minimum absolute atomic E-state index is 0.0557. The maximum absolute atomic E-state index is 13.5. The smallest absolute Gasteiger partial charge is 0.259 e. The molecule has 1 saturated heterocycles. The first kappa shape index (κ1) is 19.8. The molecule has 2 aromatic carbocycles. The number of amides is 2. The number of rotatable bonds is 4. The SMILES string of the molecule is Cc1onc(-c2ccccc2)c1C(=O)N1CCC(=O)N(Cc2cccc(F)c2)CC1. The molecular formula is C23H22FN3O3. The van der Waals surface area contributed by atoms with Crippen LogP contribution in [0.3, 0.4) is 0 Å². The standard InChI is InChI=1S/C23H22FN3O3/c1-16-21(22(25-30-16)18-7-3-2-4-8-18)23(29)26-11-10-20(28)27(13-12-26)15-17-6-5-9-19(24)14-17/h2-9,14H,10-13,15H2,1H3. The van der Waals surface area contributed by atoms with Gasteiger partial charge in [0.2, 0.25) is 5.91 Å². The Morgan fingerprint density at radius 2 is 1.90 bits per heavy atom. The molecule has 2 heterocycles. The molecule has 0 radical (unpaired) electrons. The Bertz CT molecular complexity index is 1060. The van der Waals surface area contributed by atoms with Gasteiger partial charge in [-0.15, -0.1) is 0 Å². The molecule has 2 amide bonds. The first-order valence-corrected chi connectivity index (χ1v) is 9.86. The molecule has 0 N–H and O–H groups in total. The zero-order valence-electron chi connectivity index (χ0n) is 16.7. The van der Waals surface area contributed by atoms with Gasteiger partial charge < -0.3 is 14.3 Å². The zero-order chi connectivity index (χ0) is 21.1. The quantitative estimate of drug-likeness (QED) is 0.662. The number of halogens is 1. The van der Waals surface area contributed by atoms with E-state index in [1.807, 2.05) is 30.3 Å². The van der Waals surface area contributed by atoms with Gasteiger partial charge in [0.05, 0.1) is 0 Å². The van der Waals surface area contributed by atoms with Crippen molar-refractivity contribution in [2.24, 2.45) is 0 Å². The molecular weight excluding hydrogens is 385 g/mol. The monoisotopic (exact) mass is 407 g/mol. The van der Waals surface area contributed by atoms with Gasteiger partial charge in [-0.3, -0.25) is 9.59 Å². The van der Waals surface area contributed by atoms with Crippen LogP contribution in [0.5, 0.6) is 0 Å². The number of carbonyl (C=O) groups is 2. The summed E-state index contributed by atoms with van der Waals surface area (Å²) in [7, 11) is 0. The van der Waals surface area contributed by atoms with Crippen molar-refractivity contribution in [2.45, 2.75) is 19.9 Å². The van der Waals surface area contributed by atoms with Gasteiger partial charge in [0, 0.05) is 38.2 Å². The Morgan fingerprint density at radius 3 is 2.67 bits per heavy atom. The summed E-state index contributed by atoms with van der Waals surface area (Å²) in [6.07, 6.45) is 0.214. The molecule has 0 atom stereocenters. The Hall–Kier alpha value is -3.48. The van der Waals surface area contributed by atoms with Crippen LogP contribution in [0, 0.1) is 12.7 Å². The van der Waals surface area contributed by atoms with Crippen molar-refractivity contribution in [3.05, 3.63) is 77.3 Å². The summed E-state index contributed by atoms with van der Waals surface area (Å²) in [6.45, 7) is 3.12. The van der Waals surface area contributed by atoms with E-state index in [4.69, 9.17) is 4.52 Å². The minimum atomic E-state index is -0.331. The largest absolute Gasteiger partial charge is 0.360 e. The molecule has 0 bridgehead atoms. The van der Waals surface area contributed by atoms with Crippen molar-refractivity contribution in [2.75, 3.05) is 19.6 Å². The lowest BCUT2D eigenvalue weighted by molar-refractivity contribution is -0.130. The topological polar surface area (TPSA) is 66.7 Å². The van der Waals surface area contributed by atoms with Gasteiger partial charge in [0.25, 0.3) is 5.91 Å². The number of hydrogen-bond acceptors (Lipinski definition) is 4. The molecule has 6 nitrogen and oxygen atoms in total. The second kappa shape index (κ2) is 8.49. The zero-order valence-corrected chi connectivity index (χ0v) is 16.7. The highest BCUT2D eigenvalue weighted by molar-refractivity contribution is 6.01. The van der Waals surface area contributed by atoms with Crippen LogP contribution in [0.15, 0.2) is 59.1 Å². The summed E-state index contributed by atoms with van der Waals surface area (Å²) in [6, 6.07) is 15.6. The molecule has 154 valence electrons. The summed E-state index contributed by atoms with van der Waals surface area (Å²) in [5, 5.41) is 4.08. The van der Waals surface area contributed by atoms with E-state index in [0.29, 0.717) is 43.2 Å². The van der Waals surface area contributed by atoms with Crippen molar-refractivity contribution in [3.63, 3.8) is 0 Å². The highest BCUT2D eigenvalue weighted by atomic mass is 19.1. The first-order chi connectivity index (χ1) is 14.5. The normalized spacial score (nSPS) is 14.7. The van der Waals surface area contributed by atoms with Gasteiger partial charge in [-0.05, 0) is 24.6 Å². The number of hydrogen-bond donors (Lipinski definition) is 0. The Balaban J connectivity index is 1.52. The first-order valence-electron chi connectivity index (χ1n) is 9.86. The van der Waals surface area contributed by atoms with E-state index in [9.17, 15) is 14.0 Å². The summed E-state index contributed by atoms with van der Waals surface area (Å²) < 4.78 is 18.8. The van der Waals surface area contributed by atoms with Gasteiger partial charge in [-0.1, -0.05) is 47.6 Å². The van der Waals surface area contributed by atoms with Crippen molar-refractivity contribution in [3.8, 4) is 11.3 Å². The molecule has 0 aliphatic carbocycles. The van der Waals surface area contributed by atoms with Crippen LogP contribution in [-0.2, 0) is 11.3 Å². The molecule has 4 rings (SSSR count). The minimum Gasteiger partial charge on any atom is -0.360 e. The third-order valence-corrected chi connectivity index (χ3v) is 5.26. The van der Waals surface area contributed by atoms with E-state index in [0.717, 1.165) is 11.1 Å². The van der Waals surface area contributed by atoms with Gasteiger partial charge in [-0.2, -0.15) is 0 Å². The number of aromatic nitrogens is 1. The molecule has 1 aliphatic heterocycles. The summed E-state index contributed by atoms with van der Waals surface area (Å²) >= 11 is 0. The lowest BCUT2D eigenvalue weighted by Crippen LogP contribution is -2.36. The molecule has 3 aromatic rings. The van der Waals surface area contributed by atoms with Crippen molar-refractivity contribution in [1.29, 1.82) is 0 Å². The van der Waals surface area contributed by atoms with Crippen LogP contribution in [0.4, 0.5) is 4.39 Å². The maximum Gasteiger partial charge on any atom is 0.259 e. The molecule has 1 aromatic heterocycles. The molecule has 1 aliphatic rings. The third-order valence-electron chi connectivity index (χ3n) is 5.26. The summed E-state index contributed by atoms with van der Waals surface area (Å²) in [5.41, 5.74) is 2.46. The number of carbonyl (C=O) groups excluding carboxylic acids is 2. The second-order valence-electron chi connectivity index (χ2n) is 7.32. The molecule has 0 spiro atoms.